The highest BCUT2D eigenvalue weighted by Crippen LogP contribution is 2.38. The number of ether oxygens (including phenoxy) is 1. The van der Waals surface area contributed by atoms with E-state index in [0.29, 0.717) is 5.56 Å². The number of alkyl halides is 3. The minimum atomic E-state index is -4.62. The van der Waals surface area contributed by atoms with Gasteiger partial charge in [0.2, 0.25) is 5.89 Å². The Labute approximate surface area is 94.8 Å². The van der Waals surface area contributed by atoms with Crippen LogP contribution >= 0.6 is 0 Å². The van der Waals surface area contributed by atoms with Crippen molar-refractivity contribution in [2.24, 2.45) is 0 Å². The first kappa shape index (κ1) is 11.5. The zero-order valence-corrected chi connectivity index (χ0v) is 8.78. The van der Waals surface area contributed by atoms with Gasteiger partial charge < -0.3 is 9.15 Å². The summed E-state index contributed by atoms with van der Waals surface area (Å²) < 4.78 is 46.9. The van der Waals surface area contributed by atoms with Crippen molar-refractivity contribution in [1.82, 2.24) is 4.98 Å². The van der Waals surface area contributed by atoms with Gasteiger partial charge in [0.1, 0.15) is 0 Å². The monoisotopic (exact) mass is 243 g/mol. The van der Waals surface area contributed by atoms with Gasteiger partial charge in [0.05, 0.1) is 7.11 Å². The van der Waals surface area contributed by atoms with Gasteiger partial charge >= 0.3 is 6.18 Å². The molecule has 0 atom stereocenters. The molecule has 0 aliphatic rings. The van der Waals surface area contributed by atoms with Crippen LogP contribution in [0.5, 0.6) is 5.88 Å². The summed E-state index contributed by atoms with van der Waals surface area (Å²) in [5.41, 5.74) is 0.460. The molecule has 0 unspecified atom stereocenters. The van der Waals surface area contributed by atoms with Crippen molar-refractivity contribution in [3.63, 3.8) is 0 Å². The lowest BCUT2D eigenvalue weighted by Crippen LogP contribution is -2.05. The Morgan fingerprint density at radius 3 is 2.29 bits per heavy atom. The summed E-state index contributed by atoms with van der Waals surface area (Å²) in [5, 5.41) is 0. The van der Waals surface area contributed by atoms with Crippen LogP contribution in [0.25, 0.3) is 11.5 Å². The van der Waals surface area contributed by atoms with E-state index in [1.54, 1.807) is 30.3 Å². The maximum absolute atomic E-state index is 12.6. The van der Waals surface area contributed by atoms with E-state index in [1.165, 1.54) is 0 Å². The quantitative estimate of drug-likeness (QED) is 0.811. The Morgan fingerprint density at radius 2 is 1.82 bits per heavy atom. The predicted octanol–water partition coefficient (Wildman–Crippen LogP) is 3.37. The second-order valence-corrected chi connectivity index (χ2v) is 3.22. The molecule has 2 rings (SSSR count). The SMILES string of the molecule is COc1nc(-c2ccccc2)oc1C(F)(F)F. The Hall–Kier alpha value is -1.98. The van der Waals surface area contributed by atoms with E-state index in [9.17, 15) is 13.2 Å². The summed E-state index contributed by atoms with van der Waals surface area (Å²) in [7, 11) is 1.11. The summed E-state index contributed by atoms with van der Waals surface area (Å²) in [6.45, 7) is 0. The van der Waals surface area contributed by atoms with Gasteiger partial charge in [0, 0.05) is 5.56 Å². The number of rotatable bonds is 2. The Morgan fingerprint density at radius 1 is 1.18 bits per heavy atom. The van der Waals surface area contributed by atoms with Crippen molar-refractivity contribution in [1.29, 1.82) is 0 Å². The van der Waals surface area contributed by atoms with Gasteiger partial charge in [-0.3, -0.25) is 0 Å². The average molecular weight is 243 g/mol. The van der Waals surface area contributed by atoms with Crippen molar-refractivity contribution in [3.8, 4) is 17.3 Å². The highest BCUT2D eigenvalue weighted by Gasteiger charge is 2.40. The molecule has 0 saturated heterocycles. The molecule has 0 bridgehead atoms. The topological polar surface area (TPSA) is 35.3 Å². The zero-order valence-electron chi connectivity index (χ0n) is 8.78. The van der Waals surface area contributed by atoms with Crippen LogP contribution in [0.4, 0.5) is 13.2 Å². The molecule has 0 N–H and O–H groups in total. The molecule has 17 heavy (non-hydrogen) atoms. The van der Waals surface area contributed by atoms with Crippen molar-refractivity contribution < 1.29 is 22.3 Å². The van der Waals surface area contributed by atoms with Crippen molar-refractivity contribution in [3.05, 3.63) is 36.1 Å². The molecule has 2 aromatic rings. The first-order valence-electron chi connectivity index (χ1n) is 4.70. The number of hydrogen-bond acceptors (Lipinski definition) is 3. The van der Waals surface area contributed by atoms with Gasteiger partial charge in [-0.2, -0.15) is 18.2 Å². The second kappa shape index (κ2) is 4.12. The highest BCUT2D eigenvalue weighted by molar-refractivity contribution is 5.54. The largest absolute Gasteiger partial charge is 0.478 e. The second-order valence-electron chi connectivity index (χ2n) is 3.22. The molecule has 3 nitrogen and oxygen atoms in total. The molecular formula is C11H8F3NO2. The number of oxazole rings is 1. The first-order valence-corrected chi connectivity index (χ1v) is 4.70. The molecule has 90 valence electrons. The number of hydrogen-bond donors (Lipinski definition) is 0. The molecule has 0 aliphatic heterocycles. The summed E-state index contributed by atoms with van der Waals surface area (Å²) >= 11 is 0. The lowest BCUT2D eigenvalue weighted by molar-refractivity contribution is -0.154. The minimum absolute atomic E-state index is 0.116. The molecular weight excluding hydrogens is 235 g/mol. The lowest BCUT2D eigenvalue weighted by Gasteiger charge is -2.02. The van der Waals surface area contributed by atoms with Crippen LogP contribution in [0.1, 0.15) is 5.76 Å². The number of halogens is 3. The summed E-state index contributed by atoms with van der Waals surface area (Å²) in [6, 6.07) is 8.31. The summed E-state index contributed by atoms with van der Waals surface area (Å²) in [4.78, 5) is 3.66. The molecule has 0 aliphatic carbocycles. The highest BCUT2D eigenvalue weighted by atomic mass is 19.4. The zero-order chi connectivity index (χ0) is 12.5. The van der Waals surface area contributed by atoms with Crippen LogP contribution in [0.15, 0.2) is 34.7 Å². The van der Waals surface area contributed by atoms with Crippen molar-refractivity contribution in [2.75, 3.05) is 7.11 Å². The maximum atomic E-state index is 12.6. The lowest BCUT2D eigenvalue weighted by atomic mass is 10.2. The van der Waals surface area contributed by atoms with Crippen molar-refractivity contribution >= 4 is 0 Å². The van der Waals surface area contributed by atoms with Gasteiger partial charge in [-0.05, 0) is 12.1 Å². The number of nitrogens with zero attached hydrogens (tertiary/aromatic N) is 1. The third-order valence-electron chi connectivity index (χ3n) is 2.07. The molecule has 0 radical (unpaired) electrons. The number of aromatic nitrogens is 1. The summed E-state index contributed by atoms with van der Waals surface area (Å²) in [6.07, 6.45) is -4.62. The standard InChI is InChI=1S/C11H8F3NO2/c1-16-10-8(11(12,13)14)17-9(15-10)7-5-3-2-4-6-7/h2-6H,1H3. The maximum Gasteiger partial charge on any atom is 0.455 e. The van der Waals surface area contributed by atoms with E-state index in [4.69, 9.17) is 4.42 Å². The molecule has 6 heteroatoms. The van der Waals surface area contributed by atoms with E-state index in [-0.39, 0.29) is 5.89 Å². The van der Waals surface area contributed by atoms with Gasteiger partial charge in [-0.15, -0.1) is 0 Å². The van der Waals surface area contributed by atoms with Crippen LogP contribution in [-0.4, -0.2) is 12.1 Å². The Balaban J connectivity index is 2.49. The van der Waals surface area contributed by atoms with E-state index in [0.717, 1.165) is 7.11 Å². The van der Waals surface area contributed by atoms with E-state index in [2.05, 4.69) is 9.72 Å². The van der Waals surface area contributed by atoms with Gasteiger partial charge in [0.15, 0.2) is 0 Å². The van der Waals surface area contributed by atoms with Gasteiger partial charge in [0.25, 0.3) is 11.6 Å². The Kier molecular flexibility index (Phi) is 2.79. The number of benzene rings is 1. The molecule has 0 fully saturated rings. The average Bonchev–Trinajstić information content (AvgIpc) is 2.74. The first-order chi connectivity index (χ1) is 8.02. The van der Waals surface area contributed by atoms with E-state index in [1.807, 2.05) is 0 Å². The number of methoxy groups -OCH3 is 1. The molecule has 1 heterocycles. The van der Waals surface area contributed by atoms with E-state index < -0.39 is 17.8 Å². The fraction of sp³-hybridized carbons (Fsp3) is 0.182. The van der Waals surface area contributed by atoms with E-state index >= 15 is 0 Å². The molecule has 1 aromatic carbocycles. The fourth-order valence-electron chi connectivity index (χ4n) is 1.33. The van der Waals surface area contributed by atoms with Crippen molar-refractivity contribution in [2.45, 2.75) is 6.18 Å². The van der Waals surface area contributed by atoms with Crippen LogP contribution < -0.4 is 4.74 Å². The third kappa shape index (κ3) is 2.25. The van der Waals surface area contributed by atoms with Crippen LogP contribution in [0.3, 0.4) is 0 Å². The normalized spacial score (nSPS) is 11.5. The molecule has 0 saturated carbocycles. The summed E-state index contributed by atoms with van der Waals surface area (Å²) in [5.74, 6) is -1.90. The van der Waals surface area contributed by atoms with Crippen LogP contribution in [0.2, 0.25) is 0 Å². The minimum Gasteiger partial charge on any atom is -0.478 e. The van der Waals surface area contributed by atoms with Gasteiger partial charge in [-0.1, -0.05) is 18.2 Å². The van der Waals surface area contributed by atoms with Crippen LogP contribution in [0, 0.1) is 0 Å². The predicted molar refractivity (Wildman–Crippen MR) is 53.5 cm³/mol. The third-order valence-corrected chi connectivity index (χ3v) is 2.07. The Bertz CT molecular complexity index is 505. The molecule has 0 amide bonds. The smallest absolute Gasteiger partial charge is 0.455 e. The molecule has 1 aromatic heterocycles. The fourth-order valence-corrected chi connectivity index (χ4v) is 1.33. The van der Waals surface area contributed by atoms with Crippen LogP contribution in [-0.2, 0) is 6.18 Å². The molecule has 0 spiro atoms. The van der Waals surface area contributed by atoms with Gasteiger partial charge in [-0.25, -0.2) is 0 Å².